The van der Waals surface area contributed by atoms with Crippen molar-refractivity contribution in [3.05, 3.63) is 29.8 Å². The summed E-state index contributed by atoms with van der Waals surface area (Å²) in [6.45, 7) is -1.29. The fourth-order valence-corrected chi connectivity index (χ4v) is 3.65. The largest absolute Gasteiger partial charge is 0.504 e. The zero-order chi connectivity index (χ0) is 26.6. The van der Waals surface area contributed by atoms with Crippen LogP contribution in [0.4, 0.5) is 0 Å². The van der Waals surface area contributed by atoms with Crippen LogP contribution in [-0.4, -0.2) is 129 Å². The van der Waals surface area contributed by atoms with Crippen molar-refractivity contribution in [2.45, 2.75) is 61.4 Å². The van der Waals surface area contributed by atoms with Gasteiger partial charge in [-0.3, -0.25) is 0 Å². The Labute approximate surface area is 205 Å². The predicted octanol–water partition coefficient (Wildman–Crippen LogP) is -3.42. The molecule has 8 N–H and O–H groups in total. The molecule has 1 aromatic rings. The molecule has 0 aromatic heterocycles. The Hall–Kier alpha value is -2.37. The van der Waals surface area contributed by atoms with Gasteiger partial charge in [-0.1, -0.05) is 6.07 Å². The molecule has 10 atom stereocenters. The van der Waals surface area contributed by atoms with Gasteiger partial charge < -0.3 is 64.5 Å². The van der Waals surface area contributed by atoms with Crippen molar-refractivity contribution < 1.29 is 69.3 Å². The number of rotatable bonds is 8. The Bertz CT molecular complexity index is 907. The number of carbonyl (C=O) groups is 1. The maximum atomic E-state index is 12.1. The first kappa shape index (κ1) is 28.2. The van der Waals surface area contributed by atoms with Gasteiger partial charge >= 0.3 is 5.97 Å². The molecule has 36 heavy (non-hydrogen) atoms. The number of carbonyl (C=O) groups excluding carboxylic acids is 1. The second-order valence-electron chi connectivity index (χ2n) is 8.24. The summed E-state index contributed by atoms with van der Waals surface area (Å²) >= 11 is 0. The molecule has 2 heterocycles. The lowest BCUT2D eigenvalue weighted by molar-refractivity contribution is -0.376. The van der Waals surface area contributed by atoms with Crippen molar-refractivity contribution in [3.63, 3.8) is 0 Å². The van der Waals surface area contributed by atoms with E-state index < -0.39 is 80.6 Å². The van der Waals surface area contributed by atoms with Crippen LogP contribution in [0.1, 0.15) is 5.56 Å². The van der Waals surface area contributed by atoms with Gasteiger partial charge in [0.05, 0.1) is 13.7 Å². The van der Waals surface area contributed by atoms with Gasteiger partial charge in [0, 0.05) is 6.08 Å². The Morgan fingerprint density at radius 3 is 2.08 bits per heavy atom. The molecule has 0 bridgehead atoms. The highest BCUT2D eigenvalue weighted by Crippen LogP contribution is 2.29. The normalized spacial score (nSPS) is 37.1. The molecule has 0 spiro atoms. The summed E-state index contributed by atoms with van der Waals surface area (Å²) in [6, 6.07) is 4.37. The van der Waals surface area contributed by atoms with Gasteiger partial charge in [-0.15, -0.1) is 0 Å². The van der Waals surface area contributed by atoms with E-state index in [1.165, 1.54) is 31.4 Å². The number of esters is 1. The van der Waals surface area contributed by atoms with E-state index in [1.54, 1.807) is 0 Å². The standard InChI is InChI=1S/C22H30O14/c1-32-11-6-9(2-4-10(11)24)3-5-14(25)33-8-13-16(27)18(29)20(31)22(35-13)36-21-19(30)17(28)15(26)12(7-23)34-21/h2-6,12-13,15-24,26-31H,7-8H2,1H3/b5-3+/t12-,13-,15-,16-,17+,18+,19-,20-,21-,22-/m1/s1. The summed E-state index contributed by atoms with van der Waals surface area (Å²) in [5, 5.41) is 79.4. The van der Waals surface area contributed by atoms with Crippen LogP contribution in [0.3, 0.4) is 0 Å². The third kappa shape index (κ3) is 6.30. The quantitative estimate of drug-likeness (QED) is 0.124. The van der Waals surface area contributed by atoms with E-state index in [0.717, 1.165) is 6.08 Å². The van der Waals surface area contributed by atoms with Crippen molar-refractivity contribution >= 4 is 12.0 Å². The van der Waals surface area contributed by atoms with Crippen LogP contribution in [0.2, 0.25) is 0 Å². The van der Waals surface area contributed by atoms with Gasteiger partial charge in [0.1, 0.15) is 55.4 Å². The first-order valence-electron chi connectivity index (χ1n) is 10.9. The van der Waals surface area contributed by atoms with Crippen molar-refractivity contribution in [2.75, 3.05) is 20.3 Å². The lowest BCUT2D eigenvalue weighted by atomic mass is 9.98. The maximum absolute atomic E-state index is 12.1. The molecule has 14 heteroatoms. The number of ether oxygens (including phenoxy) is 5. The second-order valence-corrected chi connectivity index (χ2v) is 8.24. The molecule has 202 valence electrons. The van der Waals surface area contributed by atoms with Crippen LogP contribution in [0.5, 0.6) is 11.5 Å². The molecule has 0 radical (unpaired) electrons. The van der Waals surface area contributed by atoms with E-state index >= 15 is 0 Å². The molecule has 2 fully saturated rings. The van der Waals surface area contributed by atoms with E-state index in [2.05, 4.69) is 0 Å². The molecule has 3 rings (SSSR count). The Morgan fingerprint density at radius 1 is 0.917 bits per heavy atom. The van der Waals surface area contributed by atoms with Crippen LogP contribution in [0.25, 0.3) is 6.08 Å². The van der Waals surface area contributed by atoms with E-state index in [0.29, 0.717) is 5.56 Å². The Balaban J connectivity index is 1.60. The monoisotopic (exact) mass is 518 g/mol. The van der Waals surface area contributed by atoms with Crippen LogP contribution < -0.4 is 4.74 Å². The van der Waals surface area contributed by atoms with Crippen molar-refractivity contribution in [1.82, 2.24) is 0 Å². The molecular formula is C22H30O14. The molecule has 0 aliphatic carbocycles. The third-order valence-corrected chi connectivity index (χ3v) is 5.79. The average molecular weight is 518 g/mol. The van der Waals surface area contributed by atoms with Gasteiger partial charge in [-0.05, 0) is 23.8 Å². The number of phenolic OH excluding ortho intramolecular Hbond substituents is 1. The number of aliphatic hydroxyl groups is 7. The zero-order valence-corrected chi connectivity index (χ0v) is 19.1. The number of aromatic hydroxyl groups is 1. The summed E-state index contributed by atoms with van der Waals surface area (Å²) in [7, 11) is 1.37. The fourth-order valence-electron chi connectivity index (χ4n) is 3.65. The van der Waals surface area contributed by atoms with Gasteiger partial charge in [0.15, 0.2) is 24.1 Å². The molecule has 1 aromatic carbocycles. The Kier molecular flexibility index (Phi) is 9.59. The molecular weight excluding hydrogens is 488 g/mol. The minimum absolute atomic E-state index is 0.0816. The minimum atomic E-state index is -1.83. The highest BCUT2D eigenvalue weighted by atomic mass is 16.8. The topological polar surface area (TPSA) is 225 Å². The number of hydrogen-bond acceptors (Lipinski definition) is 14. The first-order valence-corrected chi connectivity index (χ1v) is 10.9. The smallest absolute Gasteiger partial charge is 0.330 e. The van der Waals surface area contributed by atoms with E-state index in [4.69, 9.17) is 23.7 Å². The lowest BCUT2D eigenvalue weighted by Crippen LogP contribution is -2.63. The average Bonchev–Trinajstić information content (AvgIpc) is 2.87. The SMILES string of the molecule is COc1cc(/C=C/C(=O)OC[C@H]2O[C@H](O[C@H]3O[C@H](CO)[C@@H](O)[C@H](O)[C@H]3O)[C@H](O)[C@@H](O)[C@@H]2O)ccc1O. The molecule has 0 unspecified atom stereocenters. The summed E-state index contributed by atoms with van der Waals surface area (Å²) in [6.07, 6.45) is -14.1. The summed E-state index contributed by atoms with van der Waals surface area (Å²) in [4.78, 5) is 12.1. The van der Waals surface area contributed by atoms with E-state index in [-0.39, 0.29) is 11.5 Å². The van der Waals surface area contributed by atoms with E-state index in [9.17, 15) is 45.6 Å². The maximum Gasteiger partial charge on any atom is 0.330 e. The van der Waals surface area contributed by atoms with Crippen LogP contribution in [0.15, 0.2) is 24.3 Å². The number of methoxy groups -OCH3 is 1. The number of aliphatic hydroxyl groups excluding tert-OH is 7. The number of hydrogen-bond donors (Lipinski definition) is 8. The molecule has 14 nitrogen and oxygen atoms in total. The van der Waals surface area contributed by atoms with Gasteiger partial charge in [-0.2, -0.15) is 0 Å². The fraction of sp³-hybridized carbons (Fsp3) is 0.591. The third-order valence-electron chi connectivity index (χ3n) is 5.79. The molecule has 0 saturated carbocycles. The summed E-state index contributed by atoms with van der Waals surface area (Å²) in [5.74, 6) is -0.728. The number of phenols is 1. The minimum Gasteiger partial charge on any atom is -0.504 e. The summed E-state index contributed by atoms with van der Waals surface area (Å²) < 4.78 is 25.9. The predicted molar refractivity (Wildman–Crippen MR) is 116 cm³/mol. The van der Waals surface area contributed by atoms with Crippen molar-refractivity contribution in [2.24, 2.45) is 0 Å². The molecule has 2 saturated heterocycles. The molecule has 2 aliphatic rings. The van der Waals surface area contributed by atoms with Gasteiger partial charge in [0.25, 0.3) is 0 Å². The highest BCUT2D eigenvalue weighted by molar-refractivity contribution is 5.87. The highest BCUT2D eigenvalue weighted by Gasteiger charge is 2.49. The lowest BCUT2D eigenvalue weighted by Gasteiger charge is -2.44. The molecule has 0 amide bonds. The molecule has 2 aliphatic heterocycles. The van der Waals surface area contributed by atoms with Gasteiger partial charge in [0.2, 0.25) is 0 Å². The first-order chi connectivity index (χ1) is 17.1. The van der Waals surface area contributed by atoms with Gasteiger partial charge in [-0.25, -0.2) is 4.79 Å². The van der Waals surface area contributed by atoms with Crippen LogP contribution in [-0.2, 0) is 23.7 Å². The van der Waals surface area contributed by atoms with Crippen molar-refractivity contribution in [1.29, 1.82) is 0 Å². The van der Waals surface area contributed by atoms with E-state index in [1.807, 2.05) is 0 Å². The Morgan fingerprint density at radius 2 is 1.50 bits per heavy atom. The number of benzene rings is 1. The van der Waals surface area contributed by atoms with Crippen molar-refractivity contribution in [3.8, 4) is 11.5 Å². The van der Waals surface area contributed by atoms with Crippen LogP contribution in [0, 0.1) is 0 Å². The summed E-state index contributed by atoms with van der Waals surface area (Å²) in [5.41, 5.74) is 0.516. The second kappa shape index (κ2) is 12.2. The van der Waals surface area contributed by atoms with Crippen LogP contribution >= 0.6 is 0 Å². The zero-order valence-electron chi connectivity index (χ0n) is 19.1.